The second-order valence-electron chi connectivity index (χ2n) is 8.01. The van der Waals surface area contributed by atoms with Gasteiger partial charge in [0.2, 0.25) is 5.91 Å². The third-order valence-electron chi connectivity index (χ3n) is 4.54. The molecule has 2 N–H and O–H groups in total. The normalized spacial score (nSPS) is 15.7. The van der Waals surface area contributed by atoms with E-state index in [0.29, 0.717) is 25.9 Å². The maximum atomic E-state index is 12.2. The molecule has 1 aromatic heterocycles. The van der Waals surface area contributed by atoms with Crippen molar-refractivity contribution in [2.24, 2.45) is 0 Å². The second kappa shape index (κ2) is 7.98. The van der Waals surface area contributed by atoms with Crippen molar-refractivity contribution in [1.82, 2.24) is 20.2 Å². The van der Waals surface area contributed by atoms with Gasteiger partial charge in [-0.15, -0.1) is 0 Å². The van der Waals surface area contributed by atoms with E-state index in [2.05, 4.69) is 15.3 Å². The SMILES string of the molecule is CC(C)(C)OC(=O)N1CCC(NC(=O)CCc2nc3ccccc3[nH]2)CC1. The van der Waals surface area contributed by atoms with Gasteiger partial charge in [-0.1, -0.05) is 12.1 Å². The van der Waals surface area contributed by atoms with E-state index in [1.807, 2.05) is 45.0 Å². The Labute approximate surface area is 159 Å². The van der Waals surface area contributed by atoms with Gasteiger partial charge < -0.3 is 19.9 Å². The van der Waals surface area contributed by atoms with E-state index < -0.39 is 5.60 Å². The number of hydrogen-bond acceptors (Lipinski definition) is 4. The van der Waals surface area contributed by atoms with Crippen LogP contribution in [-0.4, -0.2) is 51.6 Å². The van der Waals surface area contributed by atoms with Crippen LogP contribution in [0.5, 0.6) is 0 Å². The molecule has 0 unspecified atom stereocenters. The van der Waals surface area contributed by atoms with Crippen LogP contribution in [0.2, 0.25) is 0 Å². The number of nitrogens with zero attached hydrogens (tertiary/aromatic N) is 2. The number of nitrogens with one attached hydrogen (secondary N) is 2. The molecule has 0 aliphatic carbocycles. The van der Waals surface area contributed by atoms with Gasteiger partial charge in [-0.25, -0.2) is 9.78 Å². The van der Waals surface area contributed by atoms with Crippen molar-refractivity contribution in [2.45, 2.75) is 58.1 Å². The topological polar surface area (TPSA) is 87.3 Å². The number of aromatic nitrogens is 2. The van der Waals surface area contributed by atoms with Crippen molar-refractivity contribution in [3.8, 4) is 0 Å². The van der Waals surface area contributed by atoms with E-state index in [1.165, 1.54) is 0 Å². The maximum absolute atomic E-state index is 12.2. The Bertz CT molecular complexity index is 768. The predicted molar refractivity (Wildman–Crippen MR) is 103 cm³/mol. The second-order valence-corrected chi connectivity index (χ2v) is 8.01. The summed E-state index contributed by atoms with van der Waals surface area (Å²) in [6, 6.07) is 7.94. The van der Waals surface area contributed by atoms with Gasteiger partial charge in [0.1, 0.15) is 11.4 Å². The van der Waals surface area contributed by atoms with Gasteiger partial charge in [-0.2, -0.15) is 0 Å². The van der Waals surface area contributed by atoms with E-state index in [1.54, 1.807) is 4.90 Å². The van der Waals surface area contributed by atoms with E-state index in [9.17, 15) is 9.59 Å². The highest BCUT2D eigenvalue weighted by atomic mass is 16.6. The Hall–Kier alpha value is -2.57. The average Bonchev–Trinajstić information content (AvgIpc) is 3.02. The minimum Gasteiger partial charge on any atom is -0.444 e. The number of aromatic amines is 1. The molecule has 0 spiro atoms. The molecule has 7 nitrogen and oxygen atoms in total. The number of para-hydroxylation sites is 2. The first-order chi connectivity index (χ1) is 12.8. The molecule has 27 heavy (non-hydrogen) atoms. The number of amides is 2. The monoisotopic (exact) mass is 372 g/mol. The van der Waals surface area contributed by atoms with E-state index in [4.69, 9.17) is 4.74 Å². The number of carbonyl (C=O) groups excluding carboxylic acids is 2. The molecule has 3 rings (SSSR count). The lowest BCUT2D eigenvalue weighted by Gasteiger charge is -2.33. The number of imidazole rings is 1. The Balaban J connectivity index is 1.41. The average molecular weight is 372 g/mol. The quantitative estimate of drug-likeness (QED) is 0.864. The van der Waals surface area contributed by atoms with E-state index in [0.717, 1.165) is 29.7 Å². The van der Waals surface area contributed by atoms with Crippen molar-refractivity contribution in [3.63, 3.8) is 0 Å². The number of ether oxygens (including phenoxy) is 1. The number of aryl methyl sites for hydroxylation is 1. The van der Waals surface area contributed by atoms with Crippen molar-refractivity contribution in [1.29, 1.82) is 0 Å². The molecule has 7 heteroatoms. The van der Waals surface area contributed by atoms with Crippen LogP contribution in [0.1, 0.15) is 45.9 Å². The fourth-order valence-corrected chi connectivity index (χ4v) is 3.19. The first-order valence-electron chi connectivity index (χ1n) is 9.51. The minimum absolute atomic E-state index is 0.0196. The van der Waals surface area contributed by atoms with Crippen LogP contribution < -0.4 is 5.32 Å². The molecule has 0 saturated carbocycles. The minimum atomic E-state index is -0.487. The van der Waals surface area contributed by atoms with Crippen LogP contribution in [0.3, 0.4) is 0 Å². The summed E-state index contributed by atoms with van der Waals surface area (Å²) in [7, 11) is 0. The summed E-state index contributed by atoms with van der Waals surface area (Å²) in [4.78, 5) is 33.8. The smallest absolute Gasteiger partial charge is 0.410 e. The Morgan fingerprint density at radius 3 is 2.63 bits per heavy atom. The molecule has 146 valence electrons. The third kappa shape index (κ3) is 5.45. The molecule has 2 aromatic rings. The number of hydrogen-bond donors (Lipinski definition) is 2. The summed E-state index contributed by atoms with van der Waals surface area (Å²) < 4.78 is 5.40. The van der Waals surface area contributed by atoms with Gasteiger partial charge in [0, 0.05) is 32.0 Å². The van der Waals surface area contributed by atoms with Gasteiger partial charge in [0.15, 0.2) is 0 Å². The number of H-pyrrole nitrogens is 1. The lowest BCUT2D eigenvalue weighted by Crippen LogP contribution is -2.47. The van der Waals surface area contributed by atoms with Crippen LogP contribution in [-0.2, 0) is 16.0 Å². The highest BCUT2D eigenvalue weighted by Gasteiger charge is 2.27. The number of carbonyl (C=O) groups is 2. The lowest BCUT2D eigenvalue weighted by atomic mass is 10.1. The van der Waals surface area contributed by atoms with Gasteiger partial charge in [0.25, 0.3) is 0 Å². The Morgan fingerprint density at radius 2 is 1.96 bits per heavy atom. The summed E-state index contributed by atoms with van der Waals surface area (Å²) in [5.41, 5.74) is 1.42. The molecule has 0 radical (unpaired) electrons. The van der Waals surface area contributed by atoms with E-state index >= 15 is 0 Å². The summed E-state index contributed by atoms with van der Waals surface area (Å²) >= 11 is 0. The summed E-state index contributed by atoms with van der Waals surface area (Å²) in [6.07, 6.45) is 2.19. The van der Waals surface area contributed by atoms with Crippen molar-refractivity contribution in [2.75, 3.05) is 13.1 Å². The molecule has 1 aliphatic heterocycles. The zero-order valence-electron chi connectivity index (χ0n) is 16.2. The number of rotatable bonds is 4. The highest BCUT2D eigenvalue weighted by molar-refractivity contribution is 5.77. The van der Waals surface area contributed by atoms with Crippen molar-refractivity contribution in [3.05, 3.63) is 30.1 Å². The molecule has 1 aliphatic rings. The number of benzene rings is 1. The molecule has 0 bridgehead atoms. The van der Waals surface area contributed by atoms with Gasteiger partial charge in [0.05, 0.1) is 11.0 Å². The van der Waals surface area contributed by atoms with Crippen LogP contribution >= 0.6 is 0 Å². The van der Waals surface area contributed by atoms with Crippen LogP contribution in [0.25, 0.3) is 11.0 Å². The zero-order chi connectivity index (χ0) is 19.4. The standard InChI is InChI=1S/C20H28N4O3/c1-20(2,3)27-19(26)24-12-10-14(11-13-24)21-18(25)9-8-17-22-15-6-4-5-7-16(15)23-17/h4-7,14H,8-13H2,1-3H3,(H,21,25)(H,22,23). The Kier molecular flexibility index (Phi) is 5.68. The first-order valence-corrected chi connectivity index (χ1v) is 9.51. The van der Waals surface area contributed by atoms with Crippen molar-refractivity contribution >= 4 is 23.0 Å². The number of likely N-dealkylation sites (tertiary alicyclic amines) is 1. The molecule has 2 amide bonds. The lowest BCUT2D eigenvalue weighted by molar-refractivity contribution is -0.122. The fourth-order valence-electron chi connectivity index (χ4n) is 3.19. The third-order valence-corrected chi connectivity index (χ3v) is 4.54. The van der Waals surface area contributed by atoms with Crippen LogP contribution in [0, 0.1) is 0 Å². The fraction of sp³-hybridized carbons (Fsp3) is 0.550. The number of piperidine rings is 1. The van der Waals surface area contributed by atoms with Gasteiger partial charge in [-0.3, -0.25) is 4.79 Å². The summed E-state index contributed by atoms with van der Waals surface area (Å²) in [5.74, 6) is 0.845. The molecule has 1 fully saturated rings. The zero-order valence-corrected chi connectivity index (χ0v) is 16.2. The summed E-state index contributed by atoms with van der Waals surface area (Å²) in [6.45, 7) is 6.78. The molecular weight excluding hydrogens is 344 g/mol. The van der Waals surface area contributed by atoms with Crippen molar-refractivity contribution < 1.29 is 14.3 Å². The molecule has 1 aromatic carbocycles. The Morgan fingerprint density at radius 1 is 1.26 bits per heavy atom. The largest absolute Gasteiger partial charge is 0.444 e. The van der Waals surface area contributed by atoms with Crippen LogP contribution in [0.15, 0.2) is 24.3 Å². The molecule has 0 atom stereocenters. The first kappa shape index (κ1) is 19.2. The highest BCUT2D eigenvalue weighted by Crippen LogP contribution is 2.16. The predicted octanol–water partition coefficient (Wildman–Crippen LogP) is 3.01. The van der Waals surface area contributed by atoms with E-state index in [-0.39, 0.29) is 18.0 Å². The van der Waals surface area contributed by atoms with Gasteiger partial charge in [-0.05, 0) is 45.7 Å². The maximum Gasteiger partial charge on any atom is 0.410 e. The van der Waals surface area contributed by atoms with Crippen LogP contribution in [0.4, 0.5) is 4.79 Å². The number of fused-ring (bicyclic) bond motifs is 1. The molecule has 2 heterocycles. The molecule has 1 saturated heterocycles. The summed E-state index contributed by atoms with van der Waals surface area (Å²) in [5, 5.41) is 3.07. The molecular formula is C20H28N4O3. The van der Waals surface area contributed by atoms with Gasteiger partial charge >= 0.3 is 6.09 Å².